The Hall–Kier alpha value is -0.860. The van der Waals surface area contributed by atoms with Gasteiger partial charge in [0.25, 0.3) is 0 Å². The van der Waals surface area contributed by atoms with Crippen LogP contribution >= 0.6 is 0 Å². The quantitative estimate of drug-likeness (QED) is 0.860. The topological polar surface area (TPSA) is 21.3 Å². The van der Waals surface area contributed by atoms with Crippen LogP contribution in [0.1, 0.15) is 43.4 Å². The van der Waals surface area contributed by atoms with E-state index in [1.807, 2.05) is 0 Å². The molecule has 0 spiro atoms. The second-order valence-corrected chi connectivity index (χ2v) is 5.79. The van der Waals surface area contributed by atoms with Crippen molar-refractivity contribution in [3.8, 4) is 0 Å². The molecule has 98 valence electrons. The van der Waals surface area contributed by atoms with Crippen LogP contribution in [0.4, 0.5) is 0 Å². The largest absolute Gasteiger partial charge is 0.372 e. The van der Waals surface area contributed by atoms with Gasteiger partial charge in [-0.05, 0) is 42.2 Å². The maximum absolute atomic E-state index is 5.91. The summed E-state index contributed by atoms with van der Waals surface area (Å²) in [5, 5.41) is 3.62. The normalized spacial score (nSPS) is 24.6. The van der Waals surface area contributed by atoms with Crippen molar-refractivity contribution in [1.29, 1.82) is 0 Å². The fourth-order valence-electron chi connectivity index (χ4n) is 2.95. The van der Waals surface area contributed by atoms with Crippen LogP contribution in [-0.2, 0) is 11.2 Å². The molecule has 1 heterocycles. The number of rotatable bonds is 5. The van der Waals surface area contributed by atoms with Gasteiger partial charge in [-0.2, -0.15) is 0 Å². The number of hydrogen-bond donors (Lipinski definition) is 1. The van der Waals surface area contributed by atoms with E-state index >= 15 is 0 Å². The second-order valence-electron chi connectivity index (χ2n) is 5.79. The molecule has 1 N–H and O–H groups in total. The molecular formula is C16H23NO. The van der Waals surface area contributed by atoms with E-state index in [1.165, 1.54) is 30.4 Å². The van der Waals surface area contributed by atoms with Gasteiger partial charge < -0.3 is 10.1 Å². The molecule has 1 fully saturated rings. The van der Waals surface area contributed by atoms with Gasteiger partial charge in [0.15, 0.2) is 0 Å². The third kappa shape index (κ3) is 2.45. The fraction of sp³-hybridized carbons (Fsp3) is 0.625. The molecule has 2 aliphatic rings. The van der Waals surface area contributed by atoms with Crippen LogP contribution in [0.3, 0.4) is 0 Å². The molecule has 1 aliphatic heterocycles. The molecule has 0 aromatic heterocycles. The van der Waals surface area contributed by atoms with Crippen molar-refractivity contribution in [1.82, 2.24) is 5.32 Å². The summed E-state index contributed by atoms with van der Waals surface area (Å²) in [6.45, 7) is 5.29. The van der Waals surface area contributed by atoms with Crippen molar-refractivity contribution in [3.05, 3.63) is 35.4 Å². The summed E-state index contributed by atoms with van der Waals surface area (Å²) in [6, 6.07) is 8.70. The monoisotopic (exact) mass is 245 g/mol. The Balaban J connectivity index is 1.57. The first kappa shape index (κ1) is 12.2. The minimum atomic E-state index is 0.252. The lowest BCUT2D eigenvalue weighted by Crippen LogP contribution is -2.31. The van der Waals surface area contributed by atoms with Gasteiger partial charge in [-0.25, -0.2) is 0 Å². The zero-order valence-corrected chi connectivity index (χ0v) is 11.2. The predicted octanol–water partition coefficient (Wildman–Crippen LogP) is 3.08. The summed E-state index contributed by atoms with van der Waals surface area (Å²) in [5.41, 5.74) is 3.47. The molecule has 3 rings (SSSR count). The van der Waals surface area contributed by atoms with Crippen molar-refractivity contribution in [3.63, 3.8) is 0 Å². The molecule has 2 heteroatoms. The second kappa shape index (κ2) is 5.02. The van der Waals surface area contributed by atoms with E-state index in [1.54, 1.807) is 0 Å². The highest BCUT2D eigenvalue weighted by molar-refractivity contribution is 5.31. The highest BCUT2D eigenvalue weighted by Gasteiger charge is 2.40. The highest BCUT2D eigenvalue weighted by Crippen LogP contribution is 2.47. The Labute approximate surface area is 110 Å². The molecule has 18 heavy (non-hydrogen) atoms. The van der Waals surface area contributed by atoms with Crippen LogP contribution in [0.2, 0.25) is 0 Å². The lowest BCUT2D eigenvalue weighted by Gasteiger charge is -2.27. The average Bonchev–Trinajstić information content (AvgIpc) is 3.20. The van der Waals surface area contributed by atoms with Crippen LogP contribution in [0.15, 0.2) is 24.3 Å². The summed E-state index contributed by atoms with van der Waals surface area (Å²) in [4.78, 5) is 0. The fourth-order valence-corrected chi connectivity index (χ4v) is 2.95. The van der Waals surface area contributed by atoms with Crippen molar-refractivity contribution < 1.29 is 4.74 Å². The van der Waals surface area contributed by atoms with Crippen molar-refractivity contribution in [2.45, 2.75) is 38.7 Å². The molecule has 0 bridgehead atoms. The summed E-state index contributed by atoms with van der Waals surface area (Å²) < 4.78 is 5.91. The third-order valence-corrected chi connectivity index (χ3v) is 4.63. The van der Waals surface area contributed by atoms with Crippen LogP contribution < -0.4 is 5.32 Å². The van der Waals surface area contributed by atoms with Gasteiger partial charge in [-0.3, -0.25) is 0 Å². The highest BCUT2D eigenvalue weighted by atomic mass is 16.5. The molecule has 1 unspecified atom stereocenters. The van der Waals surface area contributed by atoms with E-state index in [0.29, 0.717) is 5.41 Å². The van der Waals surface area contributed by atoms with Gasteiger partial charge in [0.2, 0.25) is 0 Å². The molecular weight excluding hydrogens is 222 g/mol. The zero-order chi connectivity index (χ0) is 12.4. The molecule has 1 aromatic rings. The van der Waals surface area contributed by atoms with Gasteiger partial charge in [-0.1, -0.05) is 31.2 Å². The standard InChI is InChI=1S/C16H23NO/c1-2-16(8-9-16)12-17-11-15-14-6-4-3-5-13(14)7-10-18-15/h3-6,15,17H,2,7-12H2,1H3. The molecule has 1 aromatic carbocycles. The van der Waals surface area contributed by atoms with Gasteiger partial charge in [0.1, 0.15) is 0 Å². The number of ether oxygens (including phenoxy) is 1. The first-order valence-electron chi connectivity index (χ1n) is 7.23. The number of hydrogen-bond acceptors (Lipinski definition) is 2. The van der Waals surface area contributed by atoms with Crippen LogP contribution in [0.25, 0.3) is 0 Å². The van der Waals surface area contributed by atoms with Crippen LogP contribution in [0, 0.1) is 5.41 Å². The van der Waals surface area contributed by atoms with Crippen LogP contribution in [0.5, 0.6) is 0 Å². The van der Waals surface area contributed by atoms with E-state index in [0.717, 1.165) is 26.1 Å². The lowest BCUT2D eigenvalue weighted by atomic mass is 9.97. The Morgan fingerprint density at radius 1 is 1.33 bits per heavy atom. The molecule has 2 nitrogen and oxygen atoms in total. The SMILES string of the molecule is CCC1(CNCC2OCCc3ccccc32)CC1. The molecule has 1 saturated carbocycles. The van der Waals surface area contributed by atoms with E-state index in [9.17, 15) is 0 Å². The maximum Gasteiger partial charge on any atom is 0.0952 e. The first-order valence-corrected chi connectivity index (χ1v) is 7.23. The third-order valence-electron chi connectivity index (χ3n) is 4.63. The summed E-state index contributed by atoms with van der Waals surface area (Å²) >= 11 is 0. The van der Waals surface area contributed by atoms with Crippen molar-refractivity contribution >= 4 is 0 Å². The molecule has 1 aliphatic carbocycles. The summed E-state index contributed by atoms with van der Waals surface area (Å²) in [6.07, 6.45) is 5.42. The summed E-state index contributed by atoms with van der Waals surface area (Å²) in [5.74, 6) is 0. The van der Waals surface area contributed by atoms with E-state index in [2.05, 4.69) is 36.5 Å². The van der Waals surface area contributed by atoms with Crippen molar-refractivity contribution in [2.75, 3.05) is 19.7 Å². The number of nitrogens with one attached hydrogen (secondary N) is 1. The van der Waals surface area contributed by atoms with Gasteiger partial charge in [0, 0.05) is 13.1 Å². The van der Waals surface area contributed by atoms with Crippen molar-refractivity contribution in [2.24, 2.45) is 5.41 Å². The predicted molar refractivity (Wildman–Crippen MR) is 73.7 cm³/mol. The molecule has 0 radical (unpaired) electrons. The van der Waals surface area contributed by atoms with Crippen LogP contribution in [-0.4, -0.2) is 19.7 Å². The minimum Gasteiger partial charge on any atom is -0.372 e. The Bertz CT molecular complexity index is 411. The van der Waals surface area contributed by atoms with E-state index < -0.39 is 0 Å². The Morgan fingerprint density at radius 2 is 2.17 bits per heavy atom. The molecule has 0 amide bonds. The molecule has 0 saturated heterocycles. The Morgan fingerprint density at radius 3 is 2.94 bits per heavy atom. The number of benzene rings is 1. The Kier molecular flexibility index (Phi) is 3.40. The van der Waals surface area contributed by atoms with Gasteiger partial charge >= 0.3 is 0 Å². The van der Waals surface area contributed by atoms with E-state index in [-0.39, 0.29) is 6.10 Å². The minimum absolute atomic E-state index is 0.252. The maximum atomic E-state index is 5.91. The van der Waals surface area contributed by atoms with Gasteiger partial charge in [-0.15, -0.1) is 0 Å². The molecule has 1 atom stereocenters. The van der Waals surface area contributed by atoms with Gasteiger partial charge in [0.05, 0.1) is 12.7 Å². The number of fused-ring (bicyclic) bond motifs is 1. The first-order chi connectivity index (χ1) is 8.83. The lowest BCUT2D eigenvalue weighted by molar-refractivity contribution is 0.0417. The average molecular weight is 245 g/mol. The zero-order valence-electron chi connectivity index (χ0n) is 11.2. The summed E-state index contributed by atoms with van der Waals surface area (Å²) in [7, 11) is 0. The van der Waals surface area contributed by atoms with E-state index in [4.69, 9.17) is 4.74 Å². The smallest absolute Gasteiger partial charge is 0.0952 e.